The van der Waals surface area contributed by atoms with Gasteiger partial charge >= 0.3 is 0 Å². The normalized spacial score (nSPS) is 12.1. The third-order valence-corrected chi connectivity index (χ3v) is 2.84. The highest BCUT2D eigenvalue weighted by atomic mass is 32.2. The molecule has 1 unspecified atom stereocenters. The van der Waals surface area contributed by atoms with Gasteiger partial charge in [-0.2, -0.15) is 11.8 Å². The molecule has 1 aromatic heterocycles. The molecule has 1 amide bonds. The molecular weight excluding hydrogens is 224 g/mol. The van der Waals surface area contributed by atoms with Crippen LogP contribution in [0.1, 0.15) is 23.8 Å². The Morgan fingerprint density at radius 3 is 2.81 bits per heavy atom. The number of nitrogens with one attached hydrogen (secondary N) is 1. The Morgan fingerprint density at radius 1 is 1.56 bits per heavy atom. The molecule has 0 aliphatic carbocycles. The third-order valence-electron chi connectivity index (χ3n) is 2.10. The summed E-state index contributed by atoms with van der Waals surface area (Å²) >= 11 is 1.70. The van der Waals surface area contributed by atoms with E-state index in [2.05, 4.69) is 15.3 Å². The van der Waals surface area contributed by atoms with Crippen LogP contribution in [0.2, 0.25) is 0 Å². The summed E-state index contributed by atoms with van der Waals surface area (Å²) in [5.41, 5.74) is 5.69. The van der Waals surface area contributed by atoms with Gasteiger partial charge in [-0.05, 0) is 12.7 Å². The average Bonchev–Trinajstić information content (AvgIpc) is 2.29. The Labute approximate surface area is 99.2 Å². The summed E-state index contributed by atoms with van der Waals surface area (Å²) in [5, 5.41) is 2.90. The maximum absolute atomic E-state index is 11.7. The largest absolute Gasteiger partial charge is 0.382 e. The van der Waals surface area contributed by atoms with Crippen LogP contribution in [0.4, 0.5) is 5.82 Å². The SMILES string of the molecule is CCC(CSC)NC(=O)c1cnc(N)cn1. The van der Waals surface area contributed by atoms with Gasteiger partial charge in [0, 0.05) is 11.8 Å². The van der Waals surface area contributed by atoms with Gasteiger partial charge < -0.3 is 11.1 Å². The summed E-state index contributed by atoms with van der Waals surface area (Å²) in [6.45, 7) is 2.04. The topological polar surface area (TPSA) is 80.9 Å². The highest BCUT2D eigenvalue weighted by molar-refractivity contribution is 7.98. The number of aromatic nitrogens is 2. The fraction of sp³-hybridized carbons (Fsp3) is 0.500. The Balaban J connectivity index is 2.60. The van der Waals surface area contributed by atoms with E-state index < -0.39 is 0 Å². The summed E-state index contributed by atoms with van der Waals surface area (Å²) in [5.74, 6) is 1.01. The fourth-order valence-electron chi connectivity index (χ4n) is 1.18. The Bertz CT molecular complexity index is 341. The summed E-state index contributed by atoms with van der Waals surface area (Å²) in [4.78, 5) is 19.5. The molecular formula is C10H16N4OS. The first-order valence-electron chi connectivity index (χ1n) is 5.04. The number of amides is 1. The number of nitrogen functional groups attached to an aromatic ring is 1. The number of nitrogens with zero attached hydrogens (tertiary/aromatic N) is 2. The molecule has 88 valence electrons. The zero-order valence-corrected chi connectivity index (χ0v) is 10.3. The molecule has 0 saturated carbocycles. The minimum absolute atomic E-state index is 0.168. The van der Waals surface area contributed by atoms with Crippen LogP contribution in [0.15, 0.2) is 12.4 Å². The smallest absolute Gasteiger partial charge is 0.271 e. The molecule has 0 aliphatic rings. The number of hydrogen-bond acceptors (Lipinski definition) is 5. The van der Waals surface area contributed by atoms with Crippen LogP contribution < -0.4 is 11.1 Å². The molecule has 6 heteroatoms. The van der Waals surface area contributed by atoms with Crippen LogP contribution in [-0.2, 0) is 0 Å². The highest BCUT2D eigenvalue weighted by Gasteiger charge is 2.12. The van der Waals surface area contributed by atoms with Crippen molar-refractivity contribution in [1.82, 2.24) is 15.3 Å². The zero-order chi connectivity index (χ0) is 12.0. The van der Waals surface area contributed by atoms with Gasteiger partial charge in [-0.3, -0.25) is 4.79 Å². The van der Waals surface area contributed by atoms with Gasteiger partial charge in [-0.25, -0.2) is 9.97 Å². The van der Waals surface area contributed by atoms with E-state index in [0.717, 1.165) is 12.2 Å². The lowest BCUT2D eigenvalue weighted by molar-refractivity contribution is 0.0934. The second-order valence-corrected chi connectivity index (χ2v) is 4.27. The van der Waals surface area contributed by atoms with Crippen molar-refractivity contribution < 1.29 is 4.79 Å². The predicted molar refractivity (Wildman–Crippen MR) is 66.4 cm³/mol. The van der Waals surface area contributed by atoms with E-state index in [1.165, 1.54) is 12.4 Å². The second kappa shape index (κ2) is 6.32. The maximum Gasteiger partial charge on any atom is 0.271 e. The summed E-state index contributed by atoms with van der Waals surface area (Å²) in [7, 11) is 0. The van der Waals surface area contributed by atoms with Crippen molar-refractivity contribution in [2.45, 2.75) is 19.4 Å². The number of thioether (sulfide) groups is 1. The minimum atomic E-state index is -0.201. The molecule has 3 N–H and O–H groups in total. The van der Waals surface area contributed by atoms with E-state index in [1.807, 2.05) is 13.2 Å². The minimum Gasteiger partial charge on any atom is -0.382 e. The number of nitrogens with two attached hydrogens (primary N) is 1. The van der Waals surface area contributed by atoms with E-state index >= 15 is 0 Å². The maximum atomic E-state index is 11.7. The second-order valence-electron chi connectivity index (χ2n) is 3.36. The molecule has 0 bridgehead atoms. The predicted octanol–water partition coefficient (Wildman–Crippen LogP) is 0.930. The third kappa shape index (κ3) is 3.69. The van der Waals surface area contributed by atoms with Gasteiger partial charge in [0.2, 0.25) is 0 Å². The van der Waals surface area contributed by atoms with E-state index in [9.17, 15) is 4.79 Å². The van der Waals surface area contributed by atoms with Gasteiger partial charge in [0.05, 0.1) is 12.4 Å². The molecule has 1 atom stereocenters. The van der Waals surface area contributed by atoms with Gasteiger partial charge in [0.1, 0.15) is 11.5 Å². The van der Waals surface area contributed by atoms with Crippen LogP contribution in [0.25, 0.3) is 0 Å². The molecule has 0 radical (unpaired) electrons. The van der Waals surface area contributed by atoms with Gasteiger partial charge in [-0.1, -0.05) is 6.92 Å². The molecule has 0 saturated heterocycles. The van der Waals surface area contributed by atoms with E-state index in [1.54, 1.807) is 11.8 Å². The molecule has 1 aromatic rings. The highest BCUT2D eigenvalue weighted by Crippen LogP contribution is 2.03. The number of hydrogen-bond donors (Lipinski definition) is 2. The molecule has 1 heterocycles. The zero-order valence-electron chi connectivity index (χ0n) is 9.43. The van der Waals surface area contributed by atoms with Crippen molar-refractivity contribution in [3.63, 3.8) is 0 Å². The summed E-state index contributed by atoms with van der Waals surface area (Å²) < 4.78 is 0. The Kier molecular flexibility index (Phi) is 5.04. The van der Waals surface area contributed by atoms with Crippen LogP contribution >= 0.6 is 11.8 Å². The van der Waals surface area contributed by atoms with Crippen LogP contribution in [0.3, 0.4) is 0 Å². The van der Waals surface area contributed by atoms with Crippen molar-refractivity contribution in [3.8, 4) is 0 Å². The Morgan fingerprint density at radius 2 is 2.31 bits per heavy atom. The van der Waals surface area contributed by atoms with E-state index in [0.29, 0.717) is 11.5 Å². The van der Waals surface area contributed by atoms with Gasteiger partial charge in [0.15, 0.2) is 0 Å². The first kappa shape index (κ1) is 12.8. The summed E-state index contributed by atoms with van der Waals surface area (Å²) in [6, 6.07) is 0.168. The van der Waals surface area contributed by atoms with Crippen molar-refractivity contribution in [2.75, 3.05) is 17.7 Å². The van der Waals surface area contributed by atoms with Crippen LogP contribution in [0, 0.1) is 0 Å². The monoisotopic (exact) mass is 240 g/mol. The first-order valence-corrected chi connectivity index (χ1v) is 6.44. The number of anilines is 1. The fourth-order valence-corrected chi connectivity index (χ4v) is 1.90. The molecule has 0 fully saturated rings. The molecule has 1 rings (SSSR count). The van der Waals surface area contributed by atoms with E-state index in [-0.39, 0.29) is 11.9 Å². The standard InChI is InChI=1S/C10H16N4OS/c1-3-7(6-16-2)14-10(15)8-4-13-9(11)5-12-8/h4-5,7H,3,6H2,1-2H3,(H2,11,13)(H,14,15). The van der Waals surface area contributed by atoms with Crippen LogP contribution in [0.5, 0.6) is 0 Å². The molecule has 0 aromatic carbocycles. The lowest BCUT2D eigenvalue weighted by Crippen LogP contribution is -2.36. The van der Waals surface area contributed by atoms with Crippen molar-refractivity contribution >= 4 is 23.5 Å². The lowest BCUT2D eigenvalue weighted by atomic mass is 10.2. The lowest BCUT2D eigenvalue weighted by Gasteiger charge is -2.14. The quantitative estimate of drug-likeness (QED) is 0.800. The Hall–Kier alpha value is -1.30. The number of rotatable bonds is 5. The van der Waals surface area contributed by atoms with Gasteiger partial charge in [-0.15, -0.1) is 0 Å². The first-order chi connectivity index (χ1) is 7.67. The van der Waals surface area contributed by atoms with E-state index in [4.69, 9.17) is 5.73 Å². The summed E-state index contributed by atoms with van der Waals surface area (Å²) in [6.07, 6.45) is 5.67. The molecule has 5 nitrogen and oxygen atoms in total. The van der Waals surface area contributed by atoms with Crippen LogP contribution in [-0.4, -0.2) is 33.9 Å². The van der Waals surface area contributed by atoms with Crippen molar-refractivity contribution in [1.29, 1.82) is 0 Å². The number of carbonyl (C=O) groups excluding carboxylic acids is 1. The molecule has 0 spiro atoms. The van der Waals surface area contributed by atoms with Crippen molar-refractivity contribution in [2.24, 2.45) is 0 Å². The number of carbonyl (C=O) groups is 1. The molecule has 16 heavy (non-hydrogen) atoms. The molecule has 0 aliphatic heterocycles. The average molecular weight is 240 g/mol. The van der Waals surface area contributed by atoms with Gasteiger partial charge in [0.25, 0.3) is 5.91 Å². The van der Waals surface area contributed by atoms with Crippen molar-refractivity contribution in [3.05, 3.63) is 18.1 Å².